The number of hydrogen-bond acceptors (Lipinski definition) is 7. The number of aliphatic imine (C=N–C) groups is 1. The average molecular weight is 502 g/mol. The molecule has 0 aromatic carbocycles. The summed E-state index contributed by atoms with van der Waals surface area (Å²) in [6.45, 7) is 11.6. The monoisotopic (exact) mass is 501 g/mol. The maximum Gasteiger partial charge on any atom is 0.236 e. The molecule has 3 N–H and O–H groups in total. The first-order chi connectivity index (χ1) is 17.2. The second-order valence-corrected chi connectivity index (χ2v) is 8.49. The van der Waals surface area contributed by atoms with Crippen molar-refractivity contribution in [1.82, 2.24) is 30.6 Å². The first-order valence-electron chi connectivity index (χ1n) is 11.8. The van der Waals surface area contributed by atoms with Crippen LogP contribution in [0.5, 0.6) is 0 Å². The van der Waals surface area contributed by atoms with Crippen molar-refractivity contribution in [2.45, 2.75) is 19.4 Å². The van der Waals surface area contributed by atoms with Crippen LogP contribution in [0.4, 0.5) is 0 Å². The number of amides is 1. The third kappa shape index (κ3) is 10.1. The van der Waals surface area contributed by atoms with E-state index < -0.39 is 0 Å². The summed E-state index contributed by atoms with van der Waals surface area (Å²) in [5, 5.41) is 13.7. The Kier molecular flexibility index (Phi) is 13.9. The van der Waals surface area contributed by atoms with Crippen LogP contribution < -0.4 is 10.6 Å². The van der Waals surface area contributed by atoms with Gasteiger partial charge in [-0.1, -0.05) is 12.7 Å². The summed E-state index contributed by atoms with van der Waals surface area (Å²) in [5.74, 6) is 1.75. The molecule has 0 spiro atoms. The normalized spacial score (nSPS) is 13.7. The summed E-state index contributed by atoms with van der Waals surface area (Å²) in [4.78, 5) is 19.9. The van der Waals surface area contributed by atoms with E-state index >= 15 is 0 Å². The van der Waals surface area contributed by atoms with Crippen LogP contribution in [0.1, 0.15) is 11.3 Å². The van der Waals surface area contributed by atoms with E-state index in [2.05, 4.69) is 39.0 Å². The lowest BCUT2D eigenvalue weighted by atomic mass is 10.1. The highest BCUT2D eigenvalue weighted by molar-refractivity contribution is 5.99. The van der Waals surface area contributed by atoms with Gasteiger partial charge >= 0.3 is 0 Å². The summed E-state index contributed by atoms with van der Waals surface area (Å²) in [6.07, 6.45) is 7.89. The van der Waals surface area contributed by atoms with Gasteiger partial charge in [0.15, 0.2) is 11.5 Å². The van der Waals surface area contributed by atoms with E-state index in [1.807, 2.05) is 44.3 Å². The molecule has 0 aliphatic carbocycles. The van der Waals surface area contributed by atoms with E-state index in [-0.39, 0.29) is 11.9 Å². The van der Waals surface area contributed by atoms with Gasteiger partial charge in [0.2, 0.25) is 5.91 Å². The van der Waals surface area contributed by atoms with Crippen LogP contribution in [0.3, 0.4) is 0 Å². The van der Waals surface area contributed by atoms with E-state index in [1.165, 1.54) is 0 Å². The molecule has 0 bridgehead atoms. The molecule has 1 unspecified atom stereocenters. The smallest absolute Gasteiger partial charge is 0.236 e. The molecule has 200 valence electrons. The maximum atomic E-state index is 12.0. The summed E-state index contributed by atoms with van der Waals surface area (Å²) in [6, 6.07) is -0.0576. The molecule has 0 aliphatic rings. The number of aromatic amines is 1. The zero-order chi connectivity index (χ0) is 27.1. The van der Waals surface area contributed by atoms with E-state index in [4.69, 9.17) is 9.47 Å². The van der Waals surface area contributed by atoms with Gasteiger partial charge in [-0.15, -0.1) is 6.58 Å². The Balaban J connectivity index is 3.09. The highest BCUT2D eigenvalue weighted by Crippen LogP contribution is 2.15. The Morgan fingerprint density at radius 3 is 2.53 bits per heavy atom. The van der Waals surface area contributed by atoms with Crippen LogP contribution in [0.25, 0.3) is 0 Å². The predicted octanol–water partition coefficient (Wildman–Crippen LogP) is 1.66. The van der Waals surface area contributed by atoms with Crippen molar-refractivity contribution in [2.24, 2.45) is 4.99 Å². The molecular weight excluding hydrogens is 458 g/mol. The number of carbonyl (C=O) groups excluding carboxylic acids is 1. The number of rotatable bonds is 16. The molecule has 0 saturated heterocycles. The molecule has 0 saturated carbocycles. The second kappa shape index (κ2) is 16.3. The van der Waals surface area contributed by atoms with Gasteiger partial charge in [0.05, 0.1) is 19.9 Å². The van der Waals surface area contributed by atoms with Gasteiger partial charge < -0.3 is 25.0 Å². The van der Waals surface area contributed by atoms with Gasteiger partial charge in [-0.2, -0.15) is 5.10 Å². The van der Waals surface area contributed by atoms with E-state index in [0.29, 0.717) is 50.0 Å². The number of ether oxygens (including phenoxy) is 2. The van der Waals surface area contributed by atoms with Crippen molar-refractivity contribution in [3.63, 3.8) is 0 Å². The number of carbonyl (C=O) groups is 1. The zero-order valence-electron chi connectivity index (χ0n) is 22.9. The molecule has 1 atom stereocenters. The number of hydrogen-bond donors (Lipinski definition) is 3. The number of amidine groups is 1. The topological polar surface area (TPSA) is 107 Å². The predicted molar refractivity (Wildman–Crippen MR) is 146 cm³/mol. The van der Waals surface area contributed by atoms with Gasteiger partial charge in [-0.05, 0) is 45.2 Å². The van der Waals surface area contributed by atoms with Crippen molar-refractivity contribution in [3.05, 3.63) is 65.9 Å². The van der Waals surface area contributed by atoms with E-state index in [1.54, 1.807) is 39.2 Å². The molecule has 1 amide bonds. The number of aromatic nitrogens is 2. The zero-order valence-corrected chi connectivity index (χ0v) is 22.9. The Morgan fingerprint density at radius 1 is 1.31 bits per heavy atom. The summed E-state index contributed by atoms with van der Waals surface area (Å²) in [5.41, 5.74) is 3.01. The fourth-order valence-corrected chi connectivity index (χ4v) is 3.27. The molecule has 1 heterocycles. The molecule has 10 heteroatoms. The number of nitrogens with one attached hydrogen (secondary N) is 3. The summed E-state index contributed by atoms with van der Waals surface area (Å²) < 4.78 is 11.6. The minimum Gasteiger partial charge on any atom is -0.493 e. The lowest BCUT2D eigenvalue weighted by Gasteiger charge is -2.21. The number of H-pyrrole nitrogens is 1. The number of allylic oxidation sites excluding steroid dienone is 2. The molecular formula is C26H43N7O3. The maximum absolute atomic E-state index is 12.0. The third-order valence-electron chi connectivity index (χ3n) is 5.46. The Hall–Kier alpha value is -3.37. The molecule has 0 aliphatic heterocycles. The van der Waals surface area contributed by atoms with Gasteiger partial charge in [0.1, 0.15) is 12.4 Å². The summed E-state index contributed by atoms with van der Waals surface area (Å²) in [7, 11) is 10.5. The van der Waals surface area contributed by atoms with Crippen LogP contribution in [0, 0.1) is 6.92 Å². The molecule has 36 heavy (non-hydrogen) atoms. The summed E-state index contributed by atoms with van der Waals surface area (Å²) >= 11 is 0. The quantitative estimate of drug-likeness (QED) is 0.104. The van der Waals surface area contributed by atoms with Crippen LogP contribution in [0.2, 0.25) is 0 Å². The van der Waals surface area contributed by atoms with Gasteiger partial charge in [-0.3, -0.25) is 19.8 Å². The van der Waals surface area contributed by atoms with Crippen LogP contribution >= 0.6 is 0 Å². The first-order valence-corrected chi connectivity index (χ1v) is 11.8. The van der Waals surface area contributed by atoms with Crippen LogP contribution in [0.15, 0.2) is 59.7 Å². The van der Waals surface area contributed by atoms with Gasteiger partial charge in [-0.25, -0.2) is 0 Å². The van der Waals surface area contributed by atoms with Crippen molar-refractivity contribution in [2.75, 3.05) is 68.6 Å². The highest BCUT2D eigenvalue weighted by Gasteiger charge is 2.16. The average Bonchev–Trinajstić information content (AvgIpc) is 3.25. The van der Waals surface area contributed by atoms with Crippen LogP contribution in [-0.4, -0.2) is 106 Å². The minimum absolute atomic E-state index is 0.0328. The van der Waals surface area contributed by atoms with Crippen molar-refractivity contribution < 1.29 is 14.3 Å². The SMILES string of the molecule is C=C/C(OC)=C(\C=C(/CNC)C(=NC)NC(C=C)Cc1cn[nH]c1C)OCCN(C)CC(=O)N(C)C. The molecule has 1 aromatic heterocycles. The number of methoxy groups -OCH3 is 1. The number of nitrogens with zero attached hydrogens (tertiary/aromatic N) is 4. The Labute approximate surface area is 215 Å². The number of likely N-dealkylation sites (N-methyl/N-ethyl adjacent to an activating group) is 3. The minimum atomic E-state index is -0.0576. The molecule has 1 rings (SSSR count). The van der Waals surface area contributed by atoms with Gasteiger partial charge in [0, 0.05) is 51.5 Å². The largest absolute Gasteiger partial charge is 0.493 e. The second-order valence-electron chi connectivity index (χ2n) is 8.49. The fraction of sp³-hybridized carbons (Fsp3) is 0.500. The standard InChI is InChI=1S/C26H43N7O3/c1-10-22(14-20-17-29-31-19(20)3)30-26(28-5)21(16-27-4)15-24(23(11-2)35-9)36-13-12-33(8)18-25(34)32(6)7/h10-11,15,17,22,27H,1-2,12-14,16,18H2,3-9H3,(H,28,30)(H,29,31)/b21-15+,24-23-. The van der Waals surface area contributed by atoms with Crippen molar-refractivity contribution >= 4 is 11.7 Å². The van der Waals surface area contributed by atoms with Crippen molar-refractivity contribution in [1.29, 1.82) is 0 Å². The lowest BCUT2D eigenvalue weighted by Crippen LogP contribution is -2.38. The lowest BCUT2D eigenvalue weighted by molar-refractivity contribution is -0.129. The molecule has 0 radical (unpaired) electrons. The van der Waals surface area contributed by atoms with E-state index in [9.17, 15) is 4.79 Å². The molecule has 1 aromatic rings. The third-order valence-corrected chi connectivity index (χ3v) is 5.46. The molecule has 0 fully saturated rings. The fourth-order valence-electron chi connectivity index (χ4n) is 3.27. The highest BCUT2D eigenvalue weighted by atomic mass is 16.5. The van der Waals surface area contributed by atoms with E-state index in [0.717, 1.165) is 16.8 Å². The molecule has 10 nitrogen and oxygen atoms in total. The van der Waals surface area contributed by atoms with Crippen molar-refractivity contribution in [3.8, 4) is 0 Å². The Morgan fingerprint density at radius 2 is 2.03 bits per heavy atom. The van der Waals surface area contributed by atoms with Gasteiger partial charge in [0.25, 0.3) is 0 Å². The Bertz CT molecular complexity index is 947. The number of aryl methyl sites for hydroxylation is 1. The first kappa shape index (κ1) is 30.7. The van der Waals surface area contributed by atoms with Crippen LogP contribution in [-0.2, 0) is 20.7 Å².